The number of ketones is 1. The number of hydrogen-bond acceptors (Lipinski definition) is 2. The van der Waals surface area contributed by atoms with E-state index < -0.39 is 0 Å². The van der Waals surface area contributed by atoms with Crippen molar-refractivity contribution < 1.29 is 9.53 Å². The van der Waals surface area contributed by atoms with Gasteiger partial charge in [-0.15, -0.1) is 0 Å². The highest BCUT2D eigenvalue weighted by Crippen LogP contribution is 2.15. The van der Waals surface area contributed by atoms with Crippen molar-refractivity contribution in [3.05, 3.63) is 41.5 Å². The molecule has 0 N–H and O–H groups in total. The molecule has 2 nitrogen and oxygen atoms in total. The highest BCUT2D eigenvalue weighted by molar-refractivity contribution is 6.05. The fourth-order valence-corrected chi connectivity index (χ4v) is 1.50. The molecule has 1 aromatic rings. The van der Waals surface area contributed by atoms with Gasteiger partial charge in [-0.2, -0.15) is 0 Å². The van der Waals surface area contributed by atoms with E-state index in [2.05, 4.69) is 13.8 Å². The highest BCUT2D eigenvalue weighted by Gasteiger charge is 2.04. The molecule has 0 heterocycles. The third kappa shape index (κ3) is 3.23. The number of rotatable bonds is 5. The summed E-state index contributed by atoms with van der Waals surface area (Å²) in [6.07, 6.45) is 3.58. The van der Waals surface area contributed by atoms with Crippen LogP contribution in [0.15, 0.2) is 35.9 Å². The molecular weight excluding hydrogens is 200 g/mol. The standard InChI is InChI=1S/C14H18O2/c1-4-11(5-2)9-14(15)12-7-6-8-13(10-12)16-3/h6-10H,4-5H2,1-3H3. The third-order valence-corrected chi connectivity index (χ3v) is 2.60. The van der Waals surface area contributed by atoms with Crippen LogP contribution in [0.1, 0.15) is 37.0 Å². The van der Waals surface area contributed by atoms with Crippen molar-refractivity contribution in [1.82, 2.24) is 0 Å². The Balaban J connectivity index is 2.91. The topological polar surface area (TPSA) is 26.3 Å². The summed E-state index contributed by atoms with van der Waals surface area (Å²) in [6.45, 7) is 4.13. The van der Waals surface area contributed by atoms with Crippen LogP contribution in [0.5, 0.6) is 5.75 Å². The van der Waals surface area contributed by atoms with Gasteiger partial charge in [-0.1, -0.05) is 31.6 Å². The zero-order valence-corrected chi connectivity index (χ0v) is 10.1. The second kappa shape index (κ2) is 6.11. The molecule has 0 aliphatic rings. The third-order valence-electron chi connectivity index (χ3n) is 2.60. The first-order valence-electron chi connectivity index (χ1n) is 5.59. The normalized spacial score (nSPS) is 9.69. The van der Waals surface area contributed by atoms with E-state index >= 15 is 0 Å². The number of hydrogen-bond donors (Lipinski definition) is 0. The SMILES string of the molecule is CCC(=CC(=O)c1cccc(OC)c1)CC. The molecule has 0 bridgehead atoms. The Morgan fingerprint density at radius 1 is 1.31 bits per heavy atom. The summed E-state index contributed by atoms with van der Waals surface area (Å²) in [5.74, 6) is 0.770. The molecule has 1 rings (SSSR count). The van der Waals surface area contributed by atoms with Crippen molar-refractivity contribution in [2.45, 2.75) is 26.7 Å². The number of benzene rings is 1. The molecule has 0 aliphatic heterocycles. The van der Waals surface area contributed by atoms with Gasteiger partial charge in [0.2, 0.25) is 0 Å². The Kier molecular flexibility index (Phi) is 4.77. The molecule has 1 aromatic carbocycles. The van der Waals surface area contributed by atoms with Crippen LogP contribution in [0, 0.1) is 0 Å². The van der Waals surface area contributed by atoms with Crippen LogP contribution in [0.3, 0.4) is 0 Å². The second-order valence-corrected chi connectivity index (χ2v) is 3.61. The van der Waals surface area contributed by atoms with Crippen LogP contribution in [0.2, 0.25) is 0 Å². The van der Waals surface area contributed by atoms with Gasteiger partial charge in [0.25, 0.3) is 0 Å². The minimum Gasteiger partial charge on any atom is -0.497 e. The van der Waals surface area contributed by atoms with Crippen LogP contribution in [-0.4, -0.2) is 12.9 Å². The fourth-order valence-electron chi connectivity index (χ4n) is 1.50. The maximum absolute atomic E-state index is 11.9. The summed E-state index contributed by atoms with van der Waals surface area (Å²) < 4.78 is 5.09. The first-order valence-corrected chi connectivity index (χ1v) is 5.59. The van der Waals surface area contributed by atoms with Crippen LogP contribution in [-0.2, 0) is 0 Å². The molecule has 0 atom stereocenters. The van der Waals surface area contributed by atoms with Crippen molar-refractivity contribution in [3.63, 3.8) is 0 Å². The average molecular weight is 218 g/mol. The molecule has 0 saturated carbocycles. The summed E-state index contributed by atoms with van der Waals surface area (Å²) >= 11 is 0. The van der Waals surface area contributed by atoms with Crippen molar-refractivity contribution in [2.75, 3.05) is 7.11 Å². The van der Waals surface area contributed by atoms with E-state index in [0.717, 1.165) is 12.8 Å². The number of ether oxygens (including phenoxy) is 1. The number of carbonyl (C=O) groups is 1. The van der Waals surface area contributed by atoms with E-state index in [1.807, 2.05) is 18.2 Å². The lowest BCUT2D eigenvalue weighted by Gasteiger charge is -2.03. The minimum atomic E-state index is 0.0533. The Labute approximate surface area is 96.9 Å². The van der Waals surface area contributed by atoms with Gasteiger partial charge >= 0.3 is 0 Å². The second-order valence-electron chi connectivity index (χ2n) is 3.61. The molecule has 86 valence electrons. The summed E-state index contributed by atoms with van der Waals surface area (Å²) in [6, 6.07) is 7.24. The number of carbonyl (C=O) groups excluding carboxylic acids is 1. The van der Waals surface area contributed by atoms with Crippen molar-refractivity contribution in [3.8, 4) is 5.75 Å². The van der Waals surface area contributed by atoms with E-state index in [1.165, 1.54) is 5.57 Å². The molecular formula is C14H18O2. The minimum absolute atomic E-state index is 0.0533. The molecule has 0 amide bonds. The molecule has 0 aliphatic carbocycles. The van der Waals surface area contributed by atoms with Gasteiger partial charge in [0.15, 0.2) is 5.78 Å². The largest absolute Gasteiger partial charge is 0.497 e. The average Bonchev–Trinajstić information content (AvgIpc) is 2.35. The first kappa shape index (κ1) is 12.5. The highest BCUT2D eigenvalue weighted by atomic mass is 16.5. The predicted molar refractivity (Wildman–Crippen MR) is 66.0 cm³/mol. The molecule has 0 saturated heterocycles. The van der Waals surface area contributed by atoms with Crippen LogP contribution in [0.25, 0.3) is 0 Å². The zero-order chi connectivity index (χ0) is 12.0. The van der Waals surface area contributed by atoms with Gasteiger partial charge in [0, 0.05) is 5.56 Å². The number of methoxy groups -OCH3 is 1. The lowest BCUT2D eigenvalue weighted by atomic mass is 10.0. The predicted octanol–water partition coefficient (Wildman–Crippen LogP) is 3.62. The van der Waals surface area contributed by atoms with Gasteiger partial charge in [0.05, 0.1) is 7.11 Å². The van der Waals surface area contributed by atoms with Gasteiger partial charge < -0.3 is 4.74 Å². The quantitative estimate of drug-likeness (QED) is 0.557. The van der Waals surface area contributed by atoms with Crippen LogP contribution >= 0.6 is 0 Å². The maximum atomic E-state index is 11.9. The van der Waals surface area contributed by atoms with Gasteiger partial charge in [-0.3, -0.25) is 4.79 Å². The molecule has 0 aromatic heterocycles. The fraction of sp³-hybridized carbons (Fsp3) is 0.357. The Hall–Kier alpha value is -1.57. The first-order chi connectivity index (χ1) is 7.71. The molecule has 0 radical (unpaired) electrons. The van der Waals surface area contributed by atoms with Crippen molar-refractivity contribution >= 4 is 5.78 Å². The van der Waals surface area contributed by atoms with Crippen molar-refractivity contribution in [1.29, 1.82) is 0 Å². The molecule has 2 heteroatoms. The van der Waals surface area contributed by atoms with Crippen LogP contribution in [0.4, 0.5) is 0 Å². The Morgan fingerprint density at radius 2 is 2.00 bits per heavy atom. The molecule has 0 fully saturated rings. The van der Waals surface area contributed by atoms with Crippen LogP contribution < -0.4 is 4.74 Å². The summed E-state index contributed by atoms with van der Waals surface area (Å²) in [7, 11) is 1.60. The Morgan fingerprint density at radius 3 is 2.56 bits per heavy atom. The molecule has 0 unspecified atom stereocenters. The maximum Gasteiger partial charge on any atom is 0.185 e. The van der Waals surface area contributed by atoms with E-state index in [-0.39, 0.29) is 5.78 Å². The zero-order valence-electron chi connectivity index (χ0n) is 10.1. The van der Waals surface area contributed by atoms with Gasteiger partial charge in [-0.05, 0) is 31.1 Å². The number of allylic oxidation sites excluding steroid dienone is 2. The lowest BCUT2D eigenvalue weighted by Crippen LogP contribution is -1.97. The Bertz CT molecular complexity index is 385. The summed E-state index contributed by atoms with van der Waals surface area (Å²) in [4.78, 5) is 11.9. The summed E-state index contributed by atoms with van der Waals surface area (Å²) in [5, 5.41) is 0. The monoisotopic (exact) mass is 218 g/mol. The lowest BCUT2D eigenvalue weighted by molar-refractivity contribution is 0.104. The van der Waals surface area contributed by atoms with Gasteiger partial charge in [0.1, 0.15) is 5.75 Å². The molecule has 16 heavy (non-hydrogen) atoms. The summed E-state index contributed by atoms with van der Waals surface area (Å²) in [5.41, 5.74) is 1.85. The van der Waals surface area contributed by atoms with Crippen molar-refractivity contribution in [2.24, 2.45) is 0 Å². The smallest absolute Gasteiger partial charge is 0.185 e. The van der Waals surface area contributed by atoms with E-state index in [1.54, 1.807) is 19.3 Å². The van der Waals surface area contributed by atoms with Gasteiger partial charge in [-0.25, -0.2) is 0 Å². The van der Waals surface area contributed by atoms with E-state index in [4.69, 9.17) is 4.74 Å². The molecule has 0 spiro atoms. The van der Waals surface area contributed by atoms with E-state index in [0.29, 0.717) is 11.3 Å². The van der Waals surface area contributed by atoms with E-state index in [9.17, 15) is 4.79 Å².